The van der Waals surface area contributed by atoms with E-state index in [4.69, 9.17) is 8.83 Å². The van der Waals surface area contributed by atoms with Crippen LogP contribution in [-0.2, 0) is 11.2 Å². The Morgan fingerprint density at radius 2 is 2.04 bits per heavy atom. The molecule has 0 aliphatic rings. The van der Waals surface area contributed by atoms with Crippen LogP contribution in [-0.4, -0.2) is 10.9 Å². The number of aromatic nitrogens is 1. The maximum absolute atomic E-state index is 12.5. The molecule has 1 N–H and O–H groups in total. The van der Waals surface area contributed by atoms with Crippen molar-refractivity contribution in [2.24, 2.45) is 0 Å². The minimum absolute atomic E-state index is 0.0734. The molecule has 0 bridgehead atoms. The number of benzene rings is 1. The predicted octanol–water partition coefficient (Wildman–Crippen LogP) is 4.26. The van der Waals surface area contributed by atoms with Crippen LogP contribution in [0.15, 0.2) is 82.1 Å². The van der Waals surface area contributed by atoms with Crippen LogP contribution in [0.5, 0.6) is 0 Å². The molecule has 0 spiro atoms. The normalized spacial score (nSPS) is 12.2. The molecule has 1 aromatic carbocycles. The van der Waals surface area contributed by atoms with Crippen molar-refractivity contribution in [1.29, 1.82) is 0 Å². The summed E-state index contributed by atoms with van der Waals surface area (Å²) in [5.41, 5.74) is 1.67. The Balaban J connectivity index is 1.57. The number of fused-ring (bicyclic) bond motifs is 1. The van der Waals surface area contributed by atoms with Crippen LogP contribution in [0, 0.1) is 0 Å². The Morgan fingerprint density at radius 3 is 2.81 bits per heavy atom. The molecule has 4 aromatic rings. The van der Waals surface area contributed by atoms with E-state index < -0.39 is 0 Å². The summed E-state index contributed by atoms with van der Waals surface area (Å²) in [6.45, 7) is 0. The van der Waals surface area contributed by atoms with E-state index in [1.165, 1.54) is 0 Å². The molecule has 0 saturated carbocycles. The molecule has 5 heteroatoms. The number of nitrogens with one attached hydrogen (secondary N) is 1. The zero-order valence-corrected chi connectivity index (χ0v) is 14.1. The second kappa shape index (κ2) is 7.27. The second-order valence-electron chi connectivity index (χ2n) is 6.05. The maximum Gasteiger partial charge on any atom is 0.221 e. The number of rotatable bonds is 6. The van der Waals surface area contributed by atoms with Crippen molar-refractivity contribution in [3.8, 4) is 0 Å². The van der Waals surface area contributed by atoms with E-state index in [1.807, 2.05) is 54.6 Å². The van der Waals surface area contributed by atoms with E-state index in [2.05, 4.69) is 10.3 Å². The summed E-state index contributed by atoms with van der Waals surface area (Å²) in [6, 6.07) is 16.8. The Bertz CT molecular complexity index is 957. The highest BCUT2D eigenvalue weighted by Gasteiger charge is 2.21. The number of amides is 1. The van der Waals surface area contributed by atoms with Crippen LogP contribution in [0.4, 0.5) is 0 Å². The van der Waals surface area contributed by atoms with Crippen molar-refractivity contribution >= 4 is 16.9 Å². The molecule has 5 nitrogen and oxygen atoms in total. The van der Waals surface area contributed by atoms with Gasteiger partial charge in [-0.05, 0) is 30.3 Å². The van der Waals surface area contributed by atoms with Crippen molar-refractivity contribution in [1.82, 2.24) is 10.3 Å². The number of para-hydroxylation sites is 1. The van der Waals surface area contributed by atoms with Gasteiger partial charge >= 0.3 is 0 Å². The number of hydrogen-bond acceptors (Lipinski definition) is 4. The van der Waals surface area contributed by atoms with Crippen LogP contribution < -0.4 is 5.32 Å². The first-order valence-electron chi connectivity index (χ1n) is 8.50. The summed E-state index contributed by atoms with van der Waals surface area (Å²) >= 11 is 0. The number of carbonyl (C=O) groups is 1. The van der Waals surface area contributed by atoms with Gasteiger partial charge in [-0.25, -0.2) is 0 Å². The van der Waals surface area contributed by atoms with E-state index >= 15 is 0 Å². The molecule has 3 aromatic heterocycles. The molecule has 0 saturated heterocycles. The summed E-state index contributed by atoms with van der Waals surface area (Å²) in [7, 11) is 0. The van der Waals surface area contributed by atoms with Crippen molar-refractivity contribution in [2.45, 2.75) is 18.9 Å². The highest BCUT2D eigenvalue weighted by Crippen LogP contribution is 2.28. The van der Waals surface area contributed by atoms with Crippen molar-refractivity contribution < 1.29 is 13.6 Å². The fourth-order valence-electron chi connectivity index (χ4n) is 2.93. The lowest BCUT2D eigenvalue weighted by Crippen LogP contribution is -2.29. The molecule has 1 atom stereocenters. The molecule has 3 heterocycles. The van der Waals surface area contributed by atoms with E-state index in [1.54, 1.807) is 18.7 Å². The van der Waals surface area contributed by atoms with Crippen LogP contribution in [0.1, 0.15) is 29.5 Å². The van der Waals surface area contributed by atoms with Gasteiger partial charge in [0.15, 0.2) is 0 Å². The van der Waals surface area contributed by atoms with E-state index in [9.17, 15) is 4.79 Å². The van der Waals surface area contributed by atoms with Gasteiger partial charge in [0.2, 0.25) is 5.91 Å². The lowest BCUT2D eigenvalue weighted by Gasteiger charge is -2.16. The van der Waals surface area contributed by atoms with E-state index in [0.29, 0.717) is 18.6 Å². The summed E-state index contributed by atoms with van der Waals surface area (Å²) < 4.78 is 11.3. The third-order valence-electron chi connectivity index (χ3n) is 4.23. The molecule has 1 amide bonds. The lowest BCUT2D eigenvalue weighted by molar-refractivity contribution is -0.121. The predicted molar refractivity (Wildman–Crippen MR) is 97.5 cm³/mol. The zero-order valence-electron chi connectivity index (χ0n) is 14.1. The van der Waals surface area contributed by atoms with E-state index in [0.717, 1.165) is 22.3 Å². The van der Waals surface area contributed by atoms with Gasteiger partial charge in [-0.1, -0.05) is 24.3 Å². The Labute approximate surface area is 150 Å². The molecule has 0 radical (unpaired) electrons. The summed E-state index contributed by atoms with van der Waals surface area (Å²) in [6.07, 6.45) is 5.95. The van der Waals surface area contributed by atoms with Crippen molar-refractivity contribution in [2.75, 3.05) is 0 Å². The number of aryl methyl sites for hydroxylation is 1. The molecule has 4 rings (SSSR count). The van der Waals surface area contributed by atoms with Gasteiger partial charge < -0.3 is 14.2 Å². The van der Waals surface area contributed by atoms with Gasteiger partial charge in [0.25, 0.3) is 0 Å². The molecule has 1 unspecified atom stereocenters. The van der Waals surface area contributed by atoms with Crippen LogP contribution in [0.2, 0.25) is 0 Å². The zero-order chi connectivity index (χ0) is 17.8. The minimum atomic E-state index is -0.389. The van der Waals surface area contributed by atoms with Gasteiger partial charge in [-0.3, -0.25) is 9.78 Å². The quantitative estimate of drug-likeness (QED) is 0.566. The Hall–Kier alpha value is -3.34. The molecule has 0 aliphatic carbocycles. The van der Waals surface area contributed by atoms with Gasteiger partial charge in [-0.2, -0.15) is 0 Å². The van der Waals surface area contributed by atoms with Crippen molar-refractivity contribution in [3.63, 3.8) is 0 Å². The number of nitrogens with zero attached hydrogens (tertiary/aromatic N) is 1. The Kier molecular flexibility index (Phi) is 4.51. The molecule has 26 heavy (non-hydrogen) atoms. The topological polar surface area (TPSA) is 68.3 Å². The second-order valence-corrected chi connectivity index (χ2v) is 6.05. The van der Waals surface area contributed by atoms with Crippen LogP contribution in [0.25, 0.3) is 11.0 Å². The molecule has 130 valence electrons. The van der Waals surface area contributed by atoms with Crippen LogP contribution >= 0.6 is 0 Å². The summed E-state index contributed by atoms with van der Waals surface area (Å²) in [4.78, 5) is 16.7. The standard InChI is InChI=1S/C21H18N2O3/c24-20(10-9-17-7-4-12-25-17)23-21(16-6-3-11-22-14-16)19-13-15-5-1-2-8-18(15)26-19/h1-8,11-14,21H,9-10H2,(H,23,24). The monoisotopic (exact) mass is 346 g/mol. The smallest absolute Gasteiger partial charge is 0.221 e. The molecular formula is C21H18N2O3. The third kappa shape index (κ3) is 3.52. The van der Waals surface area contributed by atoms with Crippen molar-refractivity contribution in [3.05, 3.63) is 90.3 Å². The minimum Gasteiger partial charge on any atom is -0.469 e. The fraction of sp³-hybridized carbons (Fsp3) is 0.143. The number of furan rings is 2. The van der Waals surface area contributed by atoms with E-state index in [-0.39, 0.29) is 11.9 Å². The summed E-state index contributed by atoms with van der Waals surface area (Å²) in [5.74, 6) is 1.41. The van der Waals surface area contributed by atoms with Gasteiger partial charge in [0.1, 0.15) is 23.1 Å². The first-order valence-corrected chi connectivity index (χ1v) is 8.50. The average molecular weight is 346 g/mol. The highest BCUT2D eigenvalue weighted by atomic mass is 16.3. The lowest BCUT2D eigenvalue weighted by atomic mass is 10.1. The number of carbonyl (C=O) groups excluding carboxylic acids is 1. The molecular weight excluding hydrogens is 328 g/mol. The van der Waals surface area contributed by atoms with Crippen LogP contribution in [0.3, 0.4) is 0 Å². The Morgan fingerprint density at radius 1 is 1.12 bits per heavy atom. The SMILES string of the molecule is O=C(CCc1ccco1)NC(c1cccnc1)c1cc2ccccc2o1. The number of hydrogen-bond donors (Lipinski definition) is 1. The fourth-order valence-corrected chi connectivity index (χ4v) is 2.93. The molecule has 0 fully saturated rings. The highest BCUT2D eigenvalue weighted by molar-refractivity contribution is 5.79. The largest absolute Gasteiger partial charge is 0.469 e. The van der Waals surface area contributed by atoms with Gasteiger partial charge in [-0.15, -0.1) is 0 Å². The maximum atomic E-state index is 12.5. The number of pyridine rings is 1. The van der Waals surface area contributed by atoms with Gasteiger partial charge in [0, 0.05) is 36.2 Å². The molecule has 0 aliphatic heterocycles. The summed E-state index contributed by atoms with van der Waals surface area (Å²) in [5, 5.41) is 4.06. The first-order chi connectivity index (χ1) is 12.8. The van der Waals surface area contributed by atoms with Gasteiger partial charge in [0.05, 0.1) is 6.26 Å². The third-order valence-corrected chi connectivity index (χ3v) is 4.23. The average Bonchev–Trinajstić information content (AvgIpc) is 3.34. The first kappa shape index (κ1) is 16.1.